The fourth-order valence-electron chi connectivity index (χ4n) is 3.71. The van der Waals surface area contributed by atoms with Crippen LogP contribution in [0, 0.1) is 22.0 Å². The van der Waals surface area contributed by atoms with Gasteiger partial charge in [-0.25, -0.2) is 0 Å². The SMILES string of the molecule is O=[N+]([O-])c1cc(C(F)(F)F)ccc1NNC(=S)NC1CC2CCC1C2. The smallest absolute Gasteiger partial charge is 0.358 e. The van der Waals surface area contributed by atoms with Gasteiger partial charge in [0.25, 0.3) is 5.69 Å². The molecule has 6 nitrogen and oxygen atoms in total. The molecule has 2 aliphatic rings. The maximum absolute atomic E-state index is 12.7. The quantitative estimate of drug-likeness (QED) is 0.425. The Morgan fingerprint density at radius 2 is 2.04 bits per heavy atom. The zero-order valence-electron chi connectivity index (χ0n) is 13.1. The second-order valence-corrected chi connectivity index (χ2v) is 6.90. The summed E-state index contributed by atoms with van der Waals surface area (Å²) in [5.41, 5.74) is 3.31. The molecule has 3 rings (SSSR count). The van der Waals surface area contributed by atoms with Gasteiger partial charge in [0.1, 0.15) is 5.69 Å². The van der Waals surface area contributed by atoms with Crippen molar-refractivity contribution in [1.29, 1.82) is 0 Å². The maximum Gasteiger partial charge on any atom is 0.416 e. The number of benzene rings is 1. The van der Waals surface area contributed by atoms with Gasteiger partial charge < -0.3 is 5.32 Å². The minimum Gasteiger partial charge on any atom is -0.358 e. The number of thiocarbonyl (C=S) groups is 1. The van der Waals surface area contributed by atoms with Gasteiger partial charge in [-0.05, 0) is 55.4 Å². The monoisotopic (exact) mass is 374 g/mol. The fraction of sp³-hybridized carbons (Fsp3) is 0.533. The van der Waals surface area contributed by atoms with Crippen LogP contribution >= 0.6 is 12.2 Å². The van der Waals surface area contributed by atoms with Gasteiger partial charge in [-0.2, -0.15) is 13.2 Å². The summed E-state index contributed by atoms with van der Waals surface area (Å²) in [5.74, 6) is 1.32. The summed E-state index contributed by atoms with van der Waals surface area (Å²) in [6.45, 7) is 0. The minimum absolute atomic E-state index is 0.0879. The lowest BCUT2D eigenvalue weighted by atomic mass is 9.96. The predicted octanol–water partition coefficient (Wildman–Crippen LogP) is 3.59. The second-order valence-electron chi connectivity index (χ2n) is 6.49. The van der Waals surface area contributed by atoms with Crippen LogP contribution in [-0.4, -0.2) is 16.1 Å². The highest BCUT2D eigenvalue weighted by Crippen LogP contribution is 2.44. The van der Waals surface area contributed by atoms with Gasteiger partial charge in [0, 0.05) is 12.1 Å². The predicted molar refractivity (Wildman–Crippen MR) is 89.8 cm³/mol. The van der Waals surface area contributed by atoms with Crippen molar-refractivity contribution in [3.63, 3.8) is 0 Å². The molecule has 1 aromatic carbocycles. The molecule has 2 fully saturated rings. The number of anilines is 1. The summed E-state index contributed by atoms with van der Waals surface area (Å²) in [4.78, 5) is 10.2. The highest BCUT2D eigenvalue weighted by Gasteiger charge is 2.39. The lowest BCUT2D eigenvalue weighted by molar-refractivity contribution is -0.384. The zero-order valence-corrected chi connectivity index (χ0v) is 13.9. The topological polar surface area (TPSA) is 79.2 Å². The summed E-state index contributed by atoms with van der Waals surface area (Å²) in [6, 6.07) is 2.57. The summed E-state index contributed by atoms with van der Waals surface area (Å²) in [5, 5.41) is 14.5. The molecule has 1 aromatic rings. The maximum atomic E-state index is 12.7. The molecule has 25 heavy (non-hydrogen) atoms. The molecule has 3 N–H and O–H groups in total. The number of fused-ring (bicyclic) bond motifs is 2. The number of nitrogens with zero attached hydrogens (tertiary/aromatic N) is 1. The van der Waals surface area contributed by atoms with E-state index in [4.69, 9.17) is 12.2 Å². The third kappa shape index (κ3) is 3.94. The van der Waals surface area contributed by atoms with Crippen LogP contribution in [0.4, 0.5) is 24.5 Å². The van der Waals surface area contributed by atoms with Crippen molar-refractivity contribution in [2.24, 2.45) is 11.8 Å². The Morgan fingerprint density at radius 3 is 2.60 bits per heavy atom. The van der Waals surface area contributed by atoms with Crippen molar-refractivity contribution < 1.29 is 18.1 Å². The van der Waals surface area contributed by atoms with Gasteiger partial charge in [0.15, 0.2) is 5.11 Å². The van der Waals surface area contributed by atoms with Gasteiger partial charge in [-0.3, -0.25) is 21.0 Å². The first-order valence-electron chi connectivity index (χ1n) is 7.92. The van der Waals surface area contributed by atoms with E-state index in [9.17, 15) is 23.3 Å². The van der Waals surface area contributed by atoms with Crippen molar-refractivity contribution in [3.05, 3.63) is 33.9 Å². The molecule has 3 atom stereocenters. The molecule has 2 saturated carbocycles. The number of hydrazine groups is 1. The molecule has 3 unspecified atom stereocenters. The van der Waals surface area contributed by atoms with Crippen LogP contribution in [-0.2, 0) is 6.18 Å². The third-order valence-corrected chi connectivity index (χ3v) is 5.11. The Labute approximate surface area is 147 Å². The van der Waals surface area contributed by atoms with Crippen molar-refractivity contribution in [3.8, 4) is 0 Å². The first-order chi connectivity index (χ1) is 11.7. The number of hydrogen-bond acceptors (Lipinski definition) is 4. The van der Waals surface area contributed by atoms with E-state index < -0.39 is 22.4 Å². The molecular formula is C15H17F3N4O2S. The van der Waals surface area contributed by atoms with E-state index in [1.165, 1.54) is 19.3 Å². The lowest BCUT2D eigenvalue weighted by Gasteiger charge is -2.24. The van der Waals surface area contributed by atoms with E-state index in [2.05, 4.69) is 16.2 Å². The number of nitrogens with one attached hydrogen (secondary N) is 3. The van der Waals surface area contributed by atoms with Crippen LogP contribution < -0.4 is 16.2 Å². The van der Waals surface area contributed by atoms with Crippen LogP contribution in [0.5, 0.6) is 0 Å². The van der Waals surface area contributed by atoms with E-state index in [-0.39, 0.29) is 16.8 Å². The number of hydrogen-bond donors (Lipinski definition) is 3. The van der Waals surface area contributed by atoms with Crippen molar-refractivity contribution >= 4 is 28.7 Å². The molecule has 2 aliphatic carbocycles. The summed E-state index contributed by atoms with van der Waals surface area (Å²) < 4.78 is 38.1. The Hall–Kier alpha value is -2.10. The molecule has 0 aliphatic heterocycles. The van der Waals surface area contributed by atoms with E-state index in [0.717, 1.165) is 24.5 Å². The number of rotatable bonds is 4. The highest BCUT2D eigenvalue weighted by atomic mass is 32.1. The molecule has 0 amide bonds. The Balaban J connectivity index is 1.62. The van der Waals surface area contributed by atoms with Gasteiger partial charge in [0.05, 0.1) is 10.5 Å². The minimum atomic E-state index is -4.64. The molecule has 0 radical (unpaired) electrons. The van der Waals surface area contributed by atoms with E-state index >= 15 is 0 Å². The molecule has 0 saturated heterocycles. The van der Waals surface area contributed by atoms with Crippen LogP contribution in [0.1, 0.15) is 31.2 Å². The first-order valence-corrected chi connectivity index (χ1v) is 8.33. The second kappa shape index (κ2) is 6.66. The molecule has 2 bridgehead atoms. The number of nitro groups is 1. The Bertz CT molecular complexity index is 698. The average Bonchev–Trinajstić information content (AvgIpc) is 3.14. The molecule has 10 heteroatoms. The number of halogens is 3. The lowest BCUT2D eigenvalue weighted by Crippen LogP contribution is -2.46. The van der Waals surface area contributed by atoms with Gasteiger partial charge >= 0.3 is 6.18 Å². The van der Waals surface area contributed by atoms with E-state index in [1.54, 1.807) is 0 Å². The molecule has 0 spiro atoms. The zero-order chi connectivity index (χ0) is 18.2. The van der Waals surface area contributed by atoms with E-state index in [0.29, 0.717) is 12.0 Å². The standard InChI is InChI=1S/C15H17F3N4O2S/c16-15(17,18)10-3-4-11(13(7-10)22(23)24)20-21-14(25)19-12-6-8-1-2-9(12)5-8/h3-4,7-9,12,20H,1-2,5-6H2,(H2,19,21,25). The van der Waals surface area contributed by atoms with Crippen molar-refractivity contribution in [1.82, 2.24) is 10.7 Å². The van der Waals surface area contributed by atoms with Crippen LogP contribution in [0.25, 0.3) is 0 Å². The molecule has 0 heterocycles. The Kier molecular flexibility index (Phi) is 4.72. The number of nitro benzene ring substituents is 1. The van der Waals surface area contributed by atoms with Crippen molar-refractivity contribution in [2.75, 3.05) is 5.43 Å². The summed E-state index contributed by atoms with van der Waals surface area (Å²) in [7, 11) is 0. The van der Waals surface area contributed by atoms with E-state index in [1.807, 2.05) is 0 Å². The first kappa shape index (κ1) is 17.7. The van der Waals surface area contributed by atoms with Gasteiger partial charge in [0.2, 0.25) is 0 Å². The van der Waals surface area contributed by atoms with Gasteiger partial charge in [-0.15, -0.1) is 0 Å². The average molecular weight is 374 g/mol. The highest BCUT2D eigenvalue weighted by molar-refractivity contribution is 7.80. The van der Waals surface area contributed by atoms with Crippen LogP contribution in [0.2, 0.25) is 0 Å². The van der Waals surface area contributed by atoms with Gasteiger partial charge in [-0.1, -0.05) is 6.42 Å². The number of alkyl halides is 3. The Morgan fingerprint density at radius 1 is 1.28 bits per heavy atom. The normalized spacial score (nSPS) is 24.8. The largest absolute Gasteiger partial charge is 0.416 e. The third-order valence-electron chi connectivity index (χ3n) is 4.89. The fourth-order valence-corrected chi connectivity index (χ4v) is 3.92. The van der Waals surface area contributed by atoms with Crippen LogP contribution in [0.3, 0.4) is 0 Å². The van der Waals surface area contributed by atoms with Crippen molar-refractivity contribution in [2.45, 2.75) is 37.9 Å². The van der Waals surface area contributed by atoms with Crippen LogP contribution in [0.15, 0.2) is 18.2 Å². The molecular weight excluding hydrogens is 357 g/mol. The molecule has 136 valence electrons. The summed E-state index contributed by atoms with van der Waals surface area (Å²) >= 11 is 5.16. The summed E-state index contributed by atoms with van der Waals surface area (Å²) in [6.07, 6.45) is 0.0160. The molecule has 0 aromatic heterocycles.